The summed E-state index contributed by atoms with van der Waals surface area (Å²) in [4.78, 5) is 4.72. The second-order valence-electron chi connectivity index (χ2n) is 6.85. The van der Waals surface area contributed by atoms with Crippen LogP contribution in [0.15, 0.2) is 28.3 Å². The van der Waals surface area contributed by atoms with Gasteiger partial charge in [-0.1, -0.05) is 31.1 Å². The van der Waals surface area contributed by atoms with Gasteiger partial charge in [0.2, 0.25) is 5.92 Å². The molecule has 21 heavy (non-hydrogen) atoms. The van der Waals surface area contributed by atoms with Gasteiger partial charge in [-0.25, -0.2) is 8.78 Å². The number of alkyl halides is 2. The third kappa shape index (κ3) is 7.01. The normalized spacial score (nSPS) is 20.8. The minimum atomic E-state index is -2.47. The van der Waals surface area contributed by atoms with Gasteiger partial charge in [0.1, 0.15) is 0 Å². The summed E-state index contributed by atoms with van der Waals surface area (Å²) in [5.74, 6) is -1.77. The standard InChI is InChI=1S/C18H29F2N/c1-13(2)10-15(5)12-21-17(11-14(3)4)16-6-8-18(19,20)9-7-16/h10-11,13,16H,6-9,12H2,1-5H3/b15-10-,21-17?. The summed E-state index contributed by atoms with van der Waals surface area (Å²) >= 11 is 0. The molecule has 3 heteroatoms. The third-order valence-corrected chi connectivity index (χ3v) is 3.70. The maximum absolute atomic E-state index is 13.3. The van der Waals surface area contributed by atoms with E-state index in [1.807, 2.05) is 13.8 Å². The maximum atomic E-state index is 13.3. The monoisotopic (exact) mass is 297 g/mol. The molecule has 0 aromatic heterocycles. The Labute approximate surface area is 128 Å². The molecule has 0 heterocycles. The molecule has 120 valence electrons. The molecule has 1 saturated carbocycles. The minimum Gasteiger partial charge on any atom is -0.285 e. The number of nitrogens with zero attached hydrogens (tertiary/aromatic N) is 1. The van der Waals surface area contributed by atoms with Gasteiger partial charge >= 0.3 is 0 Å². The zero-order valence-corrected chi connectivity index (χ0v) is 14.0. The summed E-state index contributed by atoms with van der Waals surface area (Å²) < 4.78 is 26.6. The van der Waals surface area contributed by atoms with E-state index in [0.29, 0.717) is 25.3 Å². The van der Waals surface area contributed by atoms with Crippen LogP contribution in [0.4, 0.5) is 8.78 Å². The molecule has 1 aliphatic rings. The van der Waals surface area contributed by atoms with E-state index in [1.54, 1.807) is 0 Å². The number of halogens is 2. The van der Waals surface area contributed by atoms with Crippen molar-refractivity contribution < 1.29 is 8.78 Å². The second kappa shape index (κ2) is 7.86. The highest BCUT2D eigenvalue weighted by Crippen LogP contribution is 2.37. The van der Waals surface area contributed by atoms with E-state index in [-0.39, 0.29) is 18.8 Å². The molecule has 1 aliphatic carbocycles. The number of allylic oxidation sites excluding steroid dienone is 3. The van der Waals surface area contributed by atoms with Gasteiger partial charge < -0.3 is 0 Å². The van der Waals surface area contributed by atoms with E-state index < -0.39 is 5.92 Å². The Kier molecular flexibility index (Phi) is 6.76. The molecule has 0 atom stereocenters. The third-order valence-electron chi connectivity index (χ3n) is 3.70. The van der Waals surface area contributed by atoms with Crippen LogP contribution in [0.1, 0.15) is 60.3 Å². The van der Waals surface area contributed by atoms with Crippen LogP contribution < -0.4 is 0 Å². The Morgan fingerprint density at radius 2 is 1.76 bits per heavy atom. The largest absolute Gasteiger partial charge is 0.285 e. The Bertz CT molecular complexity index is 416. The van der Waals surface area contributed by atoms with E-state index in [9.17, 15) is 8.78 Å². The van der Waals surface area contributed by atoms with E-state index in [1.165, 1.54) is 11.1 Å². The molecule has 0 aliphatic heterocycles. The van der Waals surface area contributed by atoms with Crippen molar-refractivity contribution in [1.29, 1.82) is 0 Å². The molecule has 0 amide bonds. The van der Waals surface area contributed by atoms with Gasteiger partial charge in [0.25, 0.3) is 0 Å². The highest BCUT2D eigenvalue weighted by atomic mass is 19.3. The van der Waals surface area contributed by atoms with Crippen LogP contribution in [0.3, 0.4) is 0 Å². The molecule has 0 unspecified atom stereocenters. The van der Waals surface area contributed by atoms with Gasteiger partial charge in [-0.05, 0) is 45.6 Å². The first kappa shape index (κ1) is 18.1. The predicted molar refractivity (Wildman–Crippen MR) is 87.2 cm³/mol. The zero-order chi connectivity index (χ0) is 16.0. The molecule has 0 radical (unpaired) electrons. The Balaban J connectivity index is 2.80. The highest BCUT2D eigenvalue weighted by molar-refractivity contribution is 5.97. The summed E-state index contributed by atoms with van der Waals surface area (Å²) in [6, 6.07) is 0. The van der Waals surface area contributed by atoms with Crippen molar-refractivity contribution in [3.8, 4) is 0 Å². The van der Waals surface area contributed by atoms with Crippen LogP contribution in [-0.2, 0) is 0 Å². The van der Waals surface area contributed by atoms with Gasteiger partial charge in [-0.2, -0.15) is 0 Å². The fourth-order valence-electron chi connectivity index (χ4n) is 2.76. The van der Waals surface area contributed by atoms with Crippen molar-refractivity contribution in [3.63, 3.8) is 0 Å². The Morgan fingerprint density at radius 3 is 2.24 bits per heavy atom. The lowest BCUT2D eigenvalue weighted by Gasteiger charge is -2.28. The van der Waals surface area contributed by atoms with Gasteiger partial charge in [-0.15, -0.1) is 0 Å². The van der Waals surface area contributed by atoms with Crippen LogP contribution in [0.2, 0.25) is 0 Å². The van der Waals surface area contributed by atoms with Gasteiger partial charge in [0.15, 0.2) is 0 Å². The van der Waals surface area contributed by atoms with Crippen molar-refractivity contribution in [1.82, 2.24) is 0 Å². The smallest absolute Gasteiger partial charge is 0.248 e. The number of hydrogen-bond acceptors (Lipinski definition) is 1. The molecule has 0 aromatic carbocycles. The van der Waals surface area contributed by atoms with Crippen LogP contribution in [0, 0.1) is 11.8 Å². The van der Waals surface area contributed by atoms with Gasteiger partial charge in [-0.3, -0.25) is 4.99 Å². The number of aliphatic imine (C=N–C) groups is 1. The zero-order valence-electron chi connectivity index (χ0n) is 14.0. The first-order valence-corrected chi connectivity index (χ1v) is 7.94. The topological polar surface area (TPSA) is 12.4 Å². The van der Waals surface area contributed by atoms with Crippen molar-refractivity contribution in [3.05, 3.63) is 23.3 Å². The molecule has 1 nitrogen and oxygen atoms in total. The molecule has 0 spiro atoms. The van der Waals surface area contributed by atoms with Crippen LogP contribution in [-0.4, -0.2) is 18.2 Å². The first-order valence-electron chi connectivity index (χ1n) is 7.94. The quantitative estimate of drug-likeness (QED) is 0.448. The average Bonchev–Trinajstić information content (AvgIpc) is 2.33. The fraction of sp³-hybridized carbons (Fsp3) is 0.722. The van der Waals surface area contributed by atoms with Gasteiger partial charge in [0.05, 0.1) is 6.54 Å². The molecule has 0 aromatic rings. The SMILES string of the molecule is CC(C)=CC(=NC/C(C)=C\C(C)C)C1CCC(F)(F)CC1. The summed E-state index contributed by atoms with van der Waals surface area (Å²) in [7, 11) is 0. The summed E-state index contributed by atoms with van der Waals surface area (Å²) in [6.45, 7) is 11.1. The summed E-state index contributed by atoms with van der Waals surface area (Å²) in [6.07, 6.45) is 5.35. The predicted octanol–water partition coefficient (Wildman–Crippen LogP) is 5.82. The lowest BCUT2D eigenvalue weighted by Crippen LogP contribution is -2.28. The summed E-state index contributed by atoms with van der Waals surface area (Å²) in [5.41, 5.74) is 3.42. The van der Waals surface area contributed by atoms with Crippen molar-refractivity contribution in [2.75, 3.05) is 6.54 Å². The lowest BCUT2D eigenvalue weighted by molar-refractivity contribution is -0.0393. The van der Waals surface area contributed by atoms with E-state index in [4.69, 9.17) is 4.99 Å². The molecular formula is C18H29F2N. The van der Waals surface area contributed by atoms with Crippen LogP contribution in [0.25, 0.3) is 0 Å². The van der Waals surface area contributed by atoms with Crippen LogP contribution in [0.5, 0.6) is 0 Å². The Morgan fingerprint density at radius 1 is 1.19 bits per heavy atom. The molecule has 1 rings (SSSR count). The van der Waals surface area contributed by atoms with Crippen molar-refractivity contribution >= 4 is 5.71 Å². The number of hydrogen-bond donors (Lipinski definition) is 0. The van der Waals surface area contributed by atoms with E-state index in [0.717, 1.165) is 5.71 Å². The number of rotatable bonds is 5. The van der Waals surface area contributed by atoms with Crippen LogP contribution >= 0.6 is 0 Å². The average molecular weight is 297 g/mol. The van der Waals surface area contributed by atoms with Gasteiger partial charge in [0, 0.05) is 24.5 Å². The summed E-state index contributed by atoms with van der Waals surface area (Å²) in [5, 5.41) is 0. The molecule has 1 fully saturated rings. The maximum Gasteiger partial charge on any atom is 0.248 e. The fourth-order valence-corrected chi connectivity index (χ4v) is 2.76. The second-order valence-corrected chi connectivity index (χ2v) is 6.85. The minimum absolute atomic E-state index is 0.00585. The highest BCUT2D eigenvalue weighted by Gasteiger charge is 2.36. The molecule has 0 bridgehead atoms. The molecule has 0 saturated heterocycles. The van der Waals surface area contributed by atoms with Crippen molar-refractivity contribution in [2.24, 2.45) is 16.8 Å². The van der Waals surface area contributed by atoms with E-state index >= 15 is 0 Å². The molecular weight excluding hydrogens is 268 g/mol. The molecule has 0 N–H and O–H groups in total. The van der Waals surface area contributed by atoms with Crippen molar-refractivity contribution in [2.45, 2.75) is 66.2 Å². The van der Waals surface area contributed by atoms with E-state index in [2.05, 4.69) is 32.9 Å². The Hall–Kier alpha value is -0.990. The first-order chi connectivity index (χ1) is 9.69. The lowest BCUT2D eigenvalue weighted by atomic mass is 9.83.